The van der Waals surface area contributed by atoms with Crippen LogP contribution in [0.3, 0.4) is 0 Å². The molecule has 0 radical (unpaired) electrons. The van der Waals surface area contributed by atoms with E-state index in [4.69, 9.17) is 21.9 Å². The summed E-state index contributed by atoms with van der Waals surface area (Å²) < 4.78 is 5.25. The first-order valence-corrected chi connectivity index (χ1v) is 7.64. The molecule has 21 heavy (non-hydrogen) atoms. The van der Waals surface area contributed by atoms with Gasteiger partial charge < -0.3 is 10.3 Å². The van der Waals surface area contributed by atoms with E-state index in [2.05, 4.69) is 10.1 Å². The fourth-order valence-corrected chi connectivity index (χ4v) is 2.89. The molecule has 0 aliphatic rings. The topological polar surface area (TPSA) is 64.9 Å². The lowest BCUT2D eigenvalue weighted by Gasteiger charge is -2.02. The highest BCUT2D eigenvalue weighted by Gasteiger charge is 2.10. The van der Waals surface area contributed by atoms with Crippen LogP contribution in [0.4, 0.5) is 5.69 Å². The van der Waals surface area contributed by atoms with Gasteiger partial charge in [-0.2, -0.15) is 4.98 Å². The fourth-order valence-electron chi connectivity index (χ4n) is 1.79. The highest BCUT2D eigenvalue weighted by molar-refractivity contribution is 7.98. The molecule has 0 aliphatic heterocycles. The Bertz CT molecular complexity index is 746. The Morgan fingerprint density at radius 3 is 2.76 bits per heavy atom. The Morgan fingerprint density at radius 1 is 1.14 bits per heavy atom. The average molecular weight is 318 g/mol. The summed E-state index contributed by atoms with van der Waals surface area (Å²) in [6.45, 7) is 0. The van der Waals surface area contributed by atoms with E-state index in [9.17, 15) is 0 Å². The van der Waals surface area contributed by atoms with Crippen molar-refractivity contribution in [1.82, 2.24) is 10.1 Å². The van der Waals surface area contributed by atoms with Crippen molar-refractivity contribution in [3.8, 4) is 11.4 Å². The summed E-state index contributed by atoms with van der Waals surface area (Å²) in [6.07, 6.45) is 0. The van der Waals surface area contributed by atoms with E-state index >= 15 is 0 Å². The van der Waals surface area contributed by atoms with Crippen molar-refractivity contribution in [3.05, 3.63) is 59.4 Å². The van der Waals surface area contributed by atoms with Crippen LogP contribution in [0.1, 0.15) is 5.89 Å². The van der Waals surface area contributed by atoms with Gasteiger partial charge in [0.05, 0.1) is 10.8 Å². The molecule has 0 spiro atoms. The summed E-state index contributed by atoms with van der Waals surface area (Å²) in [5.74, 6) is 1.69. The number of thioether (sulfide) groups is 1. The number of hydrogen-bond donors (Lipinski definition) is 1. The zero-order chi connectivity index (χ0) is 14.7. The van der Waals surface area contributed by atoms with Crippen LogP contribution in [-0.4, -0.2) is 10.1 Å². The Hall–Kier alpha value is -1.98. The number of rotatable bonds is 4. The highest BCUT2D eigenvalue weighted by atomic mass is 35.5. The van der Waals surface area contributed by atoms with Gasteiger partial charge in [-0.3, -0.25) is 0 Å². The minimum absolute atomic E-state index is 0.545. The van der Waals surface area contributed by atoms with Gasteiger partial charge in [0.25, 0.3) is 0 Å². The monoisotopic (exact) mass is 317 g/mol. The first kappa shape index (κ1) is 14.0. The smallest absolute Gasteiger partial charge is 0.237 e. The third-order valence-electron chi connectivity index (χ3n) is 2.81. The minimum Gasteiger partial charge on any atom is -0.399 e. The molecule has 0 atom stereocenters. The second-order valence-electron chi connectivity index (χ2n) is 4.36. The normalized spacial score (nSPS) is 10.7. The predicted octanol–water partition coefficient (Wildman–Crippen LogP) is 4.26. The molecule has 106 valence electrons. The number of halogens is 1. The first-order valence-electron chi connectivity index (χ1n) is 6.28. The molecular weight excluding hydrogens is 306 g/mol. The average Bonchev–Trinajstić information content (AvgIpc) is 2.98. The Labute approximate surface area is 131 Å². The van der Waals surface area contributed by atoms with E-state index in [-0.39, 0.29) is 0 Å². The Morgan fingerprint density at radius 2 is 1.95 bits per heavy atom. The largest absolute Gasteiger partial charge is 0.399 e. The highest BCUT2D eigenvalue weighted by Crippen LogP contribution is 2.31. The quantitative estimate of drug-likeness (QED) is 0.575. The number of nitrogens with zero attached hydrogens (tertiary/aromatic N) is 2. The van der Waals surface area contributed by atoms with Crippen molar-refractivity contribution in [1.29, 1.82) is 0 Å². The molecule has 0 bridgehead atoms. The van der Waals surface area contributed by atoms with Crippen molar-refractivity contribution in [2.75, 3.05) is 5.73 Å². The van der Waals surface area contributed by atoms with Crippen LogP contribution in [0, 0.1) is 0 Å². The van der Waals surface area contributed by atoms with E-state index in [1.54, 1.807) is 12.1 Å². The number of benzene rings is 2. The van der Waals surface area contributed by atoms with Crippen molar-refractivity contribution >= 4 is 29.1 Å². The Balaban J connectivity index is 1.72. The van der Waals surface area contributed by atoms with Crippen LogP contribution in [0.5, 0.6) is 0 Å². The molecule has 3 rings (SSSR count). The molecule has 0 aliphatic carbocycles. The van der Waals surface area contributed by atoms with E-state index in [0.717, 1.165) is 10.5 Å². The summed E-state index contributed by atoms with van der Waals surface area (Å²) in [4.78, 5) is 5.27. The lowest BCUT2D eigenvalue weighted by atomic mass is 10.2. The number of nitrogens with two attached hydrogens (primary N) is 1. The molecule has 4 nitrogen and oxygen atoms in total. The molecule has 0 saturated heterocycles. The van der Waals surface area contributed by atoms with Gasteiger partial charge in [-0.05, 0) is 18.2 Å². The van der Waals surface area contributed by atoms with Gasteiger partial charge in [0.15, 0.2) is 0 Å². The molecule has 0 amide bonds. The van der Waals surface area contributed by atoms with Gasteiger partial charge in [0, 0.05) is 16.1 Å². The van der Waals surface area contributed by atoms with Gasteiger partial charge in [-0.25, -0.2) is 0 Å². The predicted molar refractivity (Wildman–Crippen MR) is 85.2 cm³/mol. The molecule has 6 heteroatoms. The summed E-state index contributed by atoms with van der Waals surface area (Å²) in [5.41, 5.74) is 7.36. The summed E-state index contributed by atoms with van der Waals surface area (Å²) in [6, 6.07) is 15.1. The molecule has 1 heterocycles. The summed E-state index contributed by atoms with van der Waals surface area (Å²) in [7, 11) is 0. The van der Waals surface area contributed by atoms with E-state index in [0.29, 0.717) is 28.2 Å². The zero-order valence-corrected chi connectivity index (χ0v) is 12.6. The maximum absolute atomic E-state index is 6.12. The van der Waals surface area contributed by atoms with Gasteiger partial charge in [-0.15, -0.1) is 11.8 Å². The lowest BCUT2D eigenvalue weighted by molar-refractivity contribution is 0.391. The van der Waals surface area contributed by atoms with E-state index in [1.165, 1.54) is 11.8 Å². The van der Waals surface area contributed by atoms with E-state index < -0.39 is 0 Å². The first-order chi connectivity index (χ1) is 10.2. The second kappa shape index (κ2) is 6.20. The van der Waals surface area contributed by atoms with Crippen LogP contribution in [-0.2, 0) is 5.75 Å². The van der Waals surface area contributed by atoms with Crippen molar-refractivity contribution < 1.29 is 4.52 Å². The molecule has 0 fully saturated rings. The second-order valence-corrected chi connectivity index (χ2v) is 5.78. The van der Waals surface area contributed by atoms with Gasteiger partial charge >= 0.3 is 0 Å². The van der Waals surface area contributed by atoms with Gasteiger partial charge in [0.2, 0.25) is 11.7 Å². The van der Waals surface area contributed by atoms with Gasteiger partial charge in [-0.1, -0.05) is 47.1 Å². The van der Waals surface area contributed by atoms with Crippen LogP contribution >= 0.6 is 23.4 Å². The summed E-state index contributed by atoms with van der Waals surface area (Å²) >= 11 is 7.64. The molecule has 2 aromatic carbocycles. The minimum atomic E-state index is 0.545. The maximum atomic E-state index is 6.12. The molecule has 0 unspecified atom stereocenters. The molecule has 1 aromatic heterocycles. The third-order valence-corrected chi connectivity index (χ3v) is 4.29. The molecule has 0 saturated carbocycles. The number of anilines is 1. The molecule has 3 aromatic rings. The van der Waals surface area contributed by atoms with Gasteiger partial charge in [0.1, 0.15) is 0 Å². The third kappa shape index (κ3) is 3.37. The number of aromatic nitrogens is 2. The van der Waals surface area contributed by atoms with Crippen molar-refractivity contribution in [3.63, 3.8) is 0 Å². The Kier molecular flexibility index (Phi) is 4.13. The zero-order valence-electron chi connectivity index (χ0n) is 11.0. The summed E-state index contributed by atoms with van der Waals surface area (Å²) in [5, 5.41) is 4.65. The lowest BCUT2D eigenvalue weighted by Crippen LogP contribution is -1.86. The van der Waals surface area contributed by atoms with Crippen molar-refractivity contribution in [2.45, 2.75) is 10.6 Å². The van der Waals surface area contributed by atoms with E-state index in [1.807, 2.05) is 36.4 Å². The van der Waals surface area contributed by atoms with Crippen LogP contribution in [0.2, 0.25) is 5.02 Å². The van der Waals surface area contributed by atoms with Crippen LogP contribution < -0.4 is 5.73 Å². The molecular formula is C15H12ClN3OS. The SMILES string of the molecule is Nc1ccc(Cl)c(SCc2nc(-c3ccccc3)no2)c1. The number of nitrogen functional groups attached to an aromatic ring is 1. The molecule has 2 N–H and O–H groups in total. The van der Waals surface area contributed by atoms with Crippen LogP contribution in [0.15, 0.2) is 57.9 Å². The fraction of sp³-hybridized carbons (Fsp3) is 0.0667. The van der Waals surface area contributed by atoms with Crippen LogP contribution in [0.25, 0.3) is 11.4 Å². The standard InChI is InChI=1S/C15H12ClN3OS/c16-12-7-6-11(17)8-13(12)21-9-14-18-15(19-20-14)10-4-2-1-3-5-10/h1-8H,9,17H2. The number of hydrogen-bond acceptors (Lipinski definition) is 5. The van der Waals surface area contributed by atoms with Crippen molar-refractivity contribution in [2.24, 2.45) is 0 Å². The maximum Gasteiger partial charge on any atom is 0.237 e.